The van der Waals surface area contributed by atoms with Gasteiger partial charge in [-0.3, -0.25) is 0 Å². The summed E-state index contributed by atoms with van der Waals surface area (Å²) in [6.45, 7) is 6.32. The lowest BCUT2D eigenvalue weighted by Crippen LogP contribution is -2.26. The van der Waals surface area contributed by atoms with E-state index in [0.29, 0.717) is 0 Å². The number of hydrogen-bond acceptors (Lipinski definition) is 1. The van der Waals surface area contributed by atoms with Gasteiger partial charge in [-0.1, -0.05) is 48.3 Å². The predicted octanol–water partition coefficient (Wildman–Crippen LogP) is 4.15. The normalized spacial score (nSPS) is 14.1. The first-order valence-electron chi connectivity index (χ1n) is 4.53. The van der Waals surface area contributed by atoms with Crippen LogP contribution in [0.15, 0.2) is 22.7 Å². The maximum Gasteiger partial charge on any atom is 0.0454 e. The highest BCUT2D eigenvalue weighted by Gasteiger charge is 2.24. The van der Waals surface area contributed by atoms with E-state index in [1.165, 1.54) is 0 Å². The summed E-state index contributed by atoms with van der Waals surface area (Å²) in [7, 11) is 0. The third kappa shape index (κ3) is 2.72. The molecular formula is C11H15BrClN. The number of halogens is 2. The van der Waals surface area contributed by atoms with Gasteiger partial charge < -0.3 is 5.73 Å². The minimum Gasteiger partial charge on any atom is -0.323 e. The first-order chi connectivity index (χ1) is 6.32. The van der Waals surface area contributed by atoms with Crippen LogP contribution in [0.2, 0.25) is 5.02 Å². The SMILES string of the molecule is CC(C)(C)[C@@H](N)c1cc(Br)ccc1Cl. The fourth-order valence-electron chi connectivity index (χ4n) is 1.22. The van der Waals surface area contributed by atoms with Crippen LogP contribution in [-0.2, 0) is 0 Å². The molecule has 1 nitrogen and oxygen atoms in total. The van der Waals surface area contributed by atoms with E-state index in [-0.39, 0.29) is 11.5 Å². The maximum absolute atomic E-state index is 6.14. The number of nitrogens with two attached hydrogens (primary N) is 1. The van der Waals surface area contributed by atoms with E-state index < -0.39 is 0 Å². The molecule has 1 atom stereocenters. The quantitative estimate of drug-likeness (QED) is 0.819. The number of hydrogen-bond donors (Lipinski definition) is 1. The van der Waals surface area contributed by atoms with Gasteiger partial charge >= 0.3 is 0 Å². The Kier molecular flexibility index (Phi) is 3.62. The van der Waals surface area contributed by atoms with Crippen molar-refractivity contribution in [2.75, 3.05) is 0 Å². The molecule has 0 radical (unpaired) electrons. The predicted molar refractivity (Wildman–Crippen MR) is 65.5 cm³/mol. The van der Waals surface area contributed by atoms with Crippen molar-refractivity contribution in [2.24, 2.45) is 11.1 Å². The fraction of sp³-hybridized carbons (Fsp3) is 0.455. The summed E-state index contributed by atoms with van der Waals surface area (Å²) in [6, 6.07) is 5.72. The highest BCUT2D eigenvalue weighted by atomic mass is 79.9. The molecule has 0 saturated carbocycles. The molecule has 0 aromatic heterocycles. The zero-order valence-corrected chi connectivity index (χ0v) is 11.0. The van der Waals surface area contributed by atoms with Crippen LogP contribution in [0.3, 0.4) is 0 Å². The Balaban J connectivity index is 3.12. The zero-order chi connectivity index (χ0) is 10.9. The van der Waals surface area contributed by atoms with E-state index in [0.717, 1.165) is 15.1 Å². The molecule has 3 heteroatoms. The van der Waals surface area contributed by atoms with Gasteiger partial charge in [0.15, 0.2) is 0 Å². The Morgan fingerprint density at radius 3 is 2.43 bits per heavy atom. The average Bonchev–Trinajstić information content (AvgIpc) is 2.06. The van der Waals surface area contributed by atoms with Gasteiger partial charge in [-0.05, 0) is 29.2 Å². The Morgan fingerprint density at radius 1 is 1.36 bits per heavy atom. The van der Waals surface area contributed by atoms with E-state index >= 15 is 0 Å². The van der Waals surface area contributed by atoms with E-state index in [1.807, 2.05) is 18.2 Å². The molecule has 0 heterocycles. The van der Waals surface area contributed by atoms with Crippen molar-refractivity contribution in [3.05, 3.63) is 33.3 Å². The molecule has 1 aromatic rings. The third-order valence-corrected chi connectivity index (χ3v) is 3.06. The second-order valence-corrected chi connectivity index (χ2v) is 5.83. The van der Waals surface area contributed by atoms with Crippen LogP contribution in [0.4, 0.5) is 0 Å². The largest absolute Gasteiger partial charge is 0.323 e. The molecule has 0 unspecified atom stereocenters. The van der Waals surface area contributed by atoms with Crippen molar-refractivity contribution in [3.8, 4) is 0 Å². The van der Waals surface area contributed by atoms with Crippen LogP contribution in [0.1, 0.15) is 32.4 Å². The topological polar surface area (TPSA) is 26.0 Å². The van der Waals surface area contributed by atoms with E-state index in [4.69, 9.17) is 17.3 Å². The van der Waals surface area contributed by atoms with E-state index in [2.05, 4.69) is 36.7 Å². The molecule has 0 bridgehead atoms. The van der Waals surface area contributed by atoms with Crippen LogP contribution in [0, 0.1) is 5.41 Å². The Labute approximate surface area is 98.8 Å². The molecule has 2 N–H and O–H groups in total. The summed E-state index contributed by atoms with van der Waals surface area (Å²) in [6.07, 6.45) is 0. The van der Waals surface area contributed by atoms with Gasteiger partial charge in [0.2, 0.25) is 0 Å². The Morgan fingerprint density at radius 2 is 1.93 bits per heavy atom. The summed E-state index contributed by atoms with van der Waals surface area (Å²) in [5.74, 6) is 0. The zero-order valence-electron chi connectivity index (χ0n) is 8.64. The minimum absolute atomic E-state index is 0.0183. The minimum atomic E-state index is -0.0486. The maximum atomic E-state index is 6.14. The molecule has 1 rings (SSSR count). The molecule has 78 valence electrons. The van der Waals surface area contributed by atoms with Crippen LogP contribution in [0.25, 0.3) is 0 Å². The summed E-state index contributed by atoms with van der Waals surface area (Å²) < 4.78 is 1.01. The van der Waals surface area contributed by atoms with Crippen molar-refractivity contribution >= 4 is 27.5 Å². The highest BCUT2D eigenvalue weighted by molar-refractivity contribution is 9.10. The van der Waals surface area contributed by atoms with Gasteiger partial charge in [0.1, 0.15) is 0 Å². The van der Waals surface area contributed by atoms with Crippen LogP contribution in [-0.4, -0.2) is 0 Å². The fourth-order valence-corrected chi connectivity index (χ4v) is 1.83. The van der Waals surface area contributed by atoms with Crippen LogP contribution in [0.5, 0.6) is 0 Å². The highest BCUT2D eigenvalue weighted by Crippen LogP contribution is 2.35. The lowest BCUT2D eigenvalue weighted by Gasteiger charge is -2.28. The van der Waals surface area contributed by atoms with Crippen molar-refractivity contribution < 1.29 is 0 Å². The molecule has 14 heavy (non-hydrogen) atoms. The summed E-state index contributed by atoms with van der Waals surface area (Å²) >= 11 is 9.51. The second kappa shape index (κ2) is 4.21. The van der Waals surface area contributed by atoms with Crippen LogP contribution >= 0.6 is 27.5 Å². The summed E-state index contributed by atoms with van der Waals surface area (Å²) in [4.78, 5) is 0. The van der Waals surface area contributed by atoms with Crippen molar-refractivity contribution in [2.45, 2.75) is 26.8 Å². The third-order valence-electron chi connectivity index (χ3n) is 2.23. The van der Waals surface area contributed by atoms with Crippen molar-refractivity contribution in [1.29, 1.82) is 0 Å². The molecule has 0 saturated heterocycles. The van der Waals surface area contributed by atoms with E-state index in [9.17, 15) is 0 Å². The molecule has 0 amide bonds. The van der Waals surface area contributed by atoms with Gasteiger partial charge in [0, 0.05) is 15.5 Å². The van der Waals surface area contributed by atoms with Crippen molar-refractivity contribution in [1.82, 2.24) is 0 Å². The first kappa shape index (κ1) is 12.0. The van der Waals surface area contributed by atoms with Gasteiger partial charge in [-0.25, -0.2) is 0 Å². The van der Waals surface area contributed by atoms with Gasteiger partial charge in [0.05, 0.1) is 0 Å². The van der Waals surface area contributed by atoms with E-state index in [1.54, 1.807) is 0 Å². The molecule has 0 fully saturated rings. The van der Waals surface area contributed by atoms with Crippen LogP contribution < -0.4 is 5.73 Å². The Hall–Kier alpha value is -0.0500. The molecule has 0 aliphatic carbocycles. The molecule has 0 aliphatic heterocycles. The lowest BCUT2D eigenvalue weighted by atomic mass is 9.83. The Bertz CT molecular complexity index is 331. The molecule has 0 spiro atoms. The number of benzene rings is 1. The first-order valence-corrected chi connectivity index (χ1v) is 5.70. The lowest BCUT2D eigenvalue weighted by molar-refractivity contribution is 0.327. The monoisotopic (exact) mass is 275 g/mol. The number of rotatable bonds is 1. The van der Waals surface area contributed by atoms with Gasteiger partial charge in [-0.15, -0.1) is 0 Å². The van der Waals surface area contributed by atoms with Crippen molar-refractivity contribution in [3.63, 3.8) is 0 Å². The summed E-state index contributed by atoms with van der Waals surface area (Å²) in [5.41, 5.74) is 7.15. The molecule has 0 aliphatic rings. The molecular weight excluding hydrogens is 261 g/mol. The van der Waals surface area contributed by atoms with Gasteiger partial charge in [0.25, 0.3) is 0 Å². The molecule has 1 aromatic carbocycles. The average molecular weight is 277 g/mol. The second-order valence-electron chi connectivity index (χ2n) is 4.51. The smallest absolute Gasteiger partial charge is 0.0454 e. The standard InChI is InChI=1S/C11H15BrClN/c1-11(2,3)10(14)8-6-7(12)4-5-9(8)13/h4-6,10H,14H2,1-3H3/t10-/m0/s1. The summed E-state index contributed by atoms with van der Waals surface area (Å²) in [5, 5.41) is 0.732. The van der Waals surface area contributed by atoms with Gasteiger partial charge in [-0.2, -0.15) is 0 Å².